The van der Waals surface area contributed by atoms with E-state index in [1.165, 1.54) is 315 Å². The maximum Gasteiger partial charge on any atom is 0.472 e. The third-order valence-electron chi connectivity index (χ3n) is 20.9. The van der Waals surface area contributed by atoms with Gasteiger partial charge in [-0.2, -0.15) is 0 Å². The zero-order valence-corrected chi connectivity index (χ0v) is 71.9. The fourth-order valence-corrected chi connectivity index (χ4v) is 15.5. The molecule has 19 heteroatoms. The van der Waals surface area contributed by atoms with Crippen LogP contribution >= 0.6 is 15.6 Å². The van der Waals surface area contributed by atoms with Gasteiger partial charge in [-0.05, 0) is 25.7 Å². The molecule has 0 fully saturated rings. The van der Waals surface area contributed by atoms with Crippen molar-refractivity contribution >= 4 is 39.5 Å². The van der Waals surface area contributed by atoms with Gasteiger partial charge in [0.05, 0.1) is 26.4 Å². The van der Waals surface area contributed by atoms with Gasteiger partial charge in [0.25, 0.3) is 0 Å². The van der Waals surface area contributed by atoms with Crippen molar-refractivity contribution in [2.75, 3.05) is 39.6 Å². The Labute approximate surface area is 658 Å². The number of aliphatic hydroxyl groups is 1. The Morgan fingerprint density at radius 1 is 0.224 bits per heavy atom. The lowest BCUT2D eigenvalue weighted by molar-refractivity contribution is -0.161. The van der Waals surface area contributed by atoms with Gasteiger partial charge in [-0.25, -0.2) is 9.13 Å². The zero-order chi connectivity index (χ0) is 78.1. The molecular formula is C88H172O17P2. The molecule has 0 rings (SSSR count). The number of phosphoric ester groups is 2. The number of carbonyl (C=O) groups is 4. The van der Waals surface area contributed by atoms with Crippen molar-refractivity contribution in [1.29, 1.82) is 0 Å². The molecule has 0 aliphatic carbocycles. The summed E-state index contributed by atoms with van der Waals surface area (Å²) in [7, 11) is -9.93. The summed E-state index contributed by atoms with van der Waals surface area (Å²) >= 11 is 0. The third-order valence-corrected chi connectivity index (χ3v) is 22.8. The molecule has 5 atom stereocenters. The van der Waals surface area contributed by atoms with Gasteiger partial charge in [0.15, 0.2) is 12.2 Å². The first-order valence-corrected chi connectivity index (χ1v) is 48.8. The summed E-state index contributed by atoms with van der Waals surface area (Å²) in [4.78, 5) is 73.3. The Kier molecular flexibility index (Phi) is 80.6. The summed E-state index contributed by atoms with van der Waals surface area (Å²) in [6.07, 6.45) is 77.8. The first kappa shape index (κ1) is 105. The van der Waals surface area contributed by atoms with E-state index in [2.05, 4.69) is 27.7 Å². The molecule has 107 heavy (non-hydrogen) atoms. The molecule has 0 aromatic rings. The molecule has 0 bridgehead atoms. The lowest BCUT2D eigenvalue weighted by atomic mass is 10.0. The van der Waals surface area contributed by atoms with E-state index >= 15 is 0 Å². The highest BCUT2D eigenvalue weighted by molar-refractivity contribution is 7.47. The largest absolute Gasteiger partial charge is 0.472 e. The van der Waals surface area contributed by atoms with Crippen molar-refractivity contribution < 1.29 is 80.2 Å². The number of carbonyl (C=O) groups excluding carboxylic acids is 4. The number of hydrogen-bond donors (Lipinski definition) is 3. The Bertz CT molecular complexity index is 2020. The molecule has 17 nitrogen and oxygen atoms in total. The van der Waals surface area contributed by atoms with Crippen LogP contribution in [0.1, 0.15) is 484 Å². The molecule has 0 aliphatic rings. The van der Waals surface area contributed by atoms with Crippen molar-refractivity contribution in [2.45, 2.75) is 502 Å². The second kappa shape index (κ2) is 82.1. The van der Waals surface area contributed by atoms with Crippen LogP contribution in [0.5, 0.6) is 0 Å². The lowest BCUT2D eigenvalue weighted by Gasteiger charge is -2.21. The topological polar surface area (TPSA) is 237 Å². The van der Waals surface area contributed by atoms with E-state index in [0.29, 0.717) is 25.7 Å². The summed E-state index contributed by atoms with van der Waals surface area (Å²) in [6.45, 7) is 5.07. The van der Waals surface area contributed by atoms with E-state index in [0.717, 1.165) is 89.9 Å². The van der Waals surface area contributed by atoms with Crippen molar-refractivity contribution in [3.63, 3.8) is 0 Å². The van der Waals surface area contributed by atoms with Crippen LogP contribution in [-0.2, 0) is 65.4 Å². The van der Waals surface area contributed by atoms with Crippen LogP contribution in [-0.4, -0.2) is 96.7 Å². The van der Waals surface area contributed by atoms with Crippen LogP contribution in [0, 0.1) is 0 Å². The molecule has 3 N–H and O–H groups in total. The zero-order valence-electron chi connectivity index (χ0n) is 70.1. The minimum Gasteiger partial charge on any atom is -0.462 e. The van der Waals surface area contributed by atoms with Crippen LogP contribution in [0.3, 0.4) is 0 Å². The van der Waals surface area contributed by atoms with E-state index in [1.54, 1.807) is 0 Å². The molecule has 2 unspecified atom stereocenters. The molecule has 0 heterocycles. The average molecular weight is 1560 g/mol. The third kappa shape index (κ3) is 81.9. The molecule has 0 aromatic carbocycles. The number of phosphoric acid groups is 2. The standard InChI is InChI=1S/C88H172O17P2/c1-5-9-13-17-21-25-29-33-35-37-39-41-42-44-46-48-51-55-59-63-67-71-75-88(93)105-84(79-99-86(91)73-69-65-61-57-53-50-47-45-43-40-38-36-34-30-26-22-18-14-10-6-2)81-103-107(96,97)101-77-82(89)76-100-106(94,95)102-80-83(78-98-85(90)72-68-64-60-56-52-32-28-24-20-16-12-8-4)104-87(92)74-70-66-62-58-54-49-31-27-23-19-15-11-7-3/h82-84,89H,5-81H2,1-4H3,(H,94,95)(H,96,97)/t82-,83+,84+/m0/s1. The monoisotopic (exact) mass is 1560 g/mol. The van der Waals surface area contributed by atoms with E-state index in [9.17, 15) is 43.2 Å². The summed E-state index contributed by atoms with van der Waals surface area (Å²) in [5.41, 5.74) is 0. The van der Waals surface area contributed by atoms with E-state index in [4.69, 9.17) is 37.0 Å². The summed E-state index contributed by atoms with van der Waals surface area (Å²) < 4.78 is 68.9. The second-order valence-electron chi connectivity index (χ2n) is 31.6. The number of hydrogen-bond acceptors (Lipinski definition) is 15. The summed E-state index contributed by atoms with van der Waals surface area (Å²) in [5.74, 6) is -2.09. The fourth-order valence-electron chi connectivity index (χ4n) is 13.9. The van der Waals surface area contributed by atoms with E-state index in [1.807, 2.05) is 0 Å². The van der Waals surface area contributed by atoms with Gasteiger partial charge in [0.2, 0.25) is 0 Å². The molecule has 0 saturated carbocycles. The Hall–Kier alpha value is -1.94. The highest BCUT2D eigenvalue weighted by Gasteiger charge is 2.30. The minimum atomic E-state index is -4.97. The molecule has 0 amide bonds. The second-order valence-corrected chi connectivity index (χ2v) is 34.5. The van der Waals surface area contributed by atoms with Gasteiger partial charge in [0.1, 0.15) is 19.3 Å². The first-order valence-electron chi connectivity index (χ1n) is 45.8. The van der Waals surface area contributed by atoms with E-state index in [-0.39, 0.29) is 25.7 Å². The Morgan fingerprint density at radius 2 is 0.374 bits per heavy atom. The highest BCUT2D eigenvalue weighted by Crippen LogP contribution is 2.45. The smallest absolute Gasteiger partial charge is 0.462 e. The summed E-state index contributed by atoms with van der Waals surface area (Å²) in [5, 5.41) is 10.7. The molecule has 0 aliphatic heterocycles. The SMILES string of the molecule is CCCCCCCCCCCCCCCCCCCCCCCCC(=O)O[C@H](COC(=O)CCCCCCCCCCCCCCCCCCCCCC)COP(=O)(O)OC[C@@H](O)COP(=O)(O)OC[C@@H](COC(=O)CCCCCCCCCCCCCC)OC(=O)CCCCCCCCCCCCCCC. The first-order chi connectivity index (χ1) is 52.2. The number of ether oxygens (including phenoxy) is 4. The highest BCUT2D eigenvalue weighted by atomic mass is 31.2. The molecule has 0 spiro atoms. The maximum absolute atomic E-state index is 13.2. The van der Waals surface area contributed by atoms with Crippen LogP contribution in [0.4, 0.5) is 0 Å². The van der Waals surface area contributed by atoms with Crippen LogP contribution < -0.4 is 0 Å². The average Bonchev–Trinajstić information content (AvgIpc) is 0.901. The molecule has 0 aromatic heterocycles. The van der Waals surface area contributed by atoms with Gasteiger partial charge in [-0.15, -0.1) is 0 Å². The van der Waals surface area contributed by atoms with Crippen molar-refractivity contribution in [2.24, 2.45) is 0 Å². The predicted molar refractivity (Wildman–Crippen MR) is 442 cm³/mol. The molecular weight excluding hydrogens is 1390 g/mol. The number of esters is 4. The van der Waals surface area contributed by atoms with Crippen molar-refractivity contribution in [3.8, 4) is 0 Å². The number of unbranched alkanes of at least 4 members (excludes halogenated alkanes) is 63. The fraction of sp³-hybridized carbons (Fsp3) is 0.955. The van der Waals surface area contributed by atoms with Gasteiger partial charge in [-0.1, -0.05) is 432 Å². The molecule has 0 radical (unpaired) electrons. The quantitative estimate of drug-likeness (QED) is 0.0222. The van der Waals surface area contributed by atoms with Crippen molar-refractivity contribution in [1.82, 2.24) is 0 Å². The minimum absolute atomic E-state index is 0.109. The van der Waals surface area contributed by atoms with Gasteiger partial charge in [-0.3, -0.25) is 37.3 Å². The maximum atomic E-state index is 13.2. The van der Waals surface area contributed by atoms with Crippen LogP contribution in [0.2, 0.25) is 0 Å². The van der Waals surface area contributed by atoms with Gasteiger partial charge in [0, 0.05) is 25.7 Å². The lowest BCUT2D eigenvalue weighted by Crippen LogP contribution is -2.30. The van der Waals surface area contributed by atoms with Crippen LogP contribution in [0.15, 0.2) is 0 Å². The van der Waals surface area contributed by atoms with Gasteiger partial charge >= 0.3 is 39.5 Å². The van der Waals surface area contributed by atoms with E-state index < -0.39 is 97.5 Å². The Balaban J connectivity index is 5.22. The number of aliphatic hydroxyl groups excluding tert-OH is 1. The molecule has 636 valence electrons. The Morgan fingerprint density at radius 3 is 0.551 bits per heavy atom. The molecule has 0 saturated heterocycles. The number of rotatable bonds is 89. The van der Waals surface area contributed by atoms with Gasteiger partial charge < -0.3 is 33.8 Å². The predicted octanol–water partition coefficient (Wildman–Crippen LogP) is 27.3. The summed E-state index contributed by atoms with van der Waals surface area (Å²) in [6, 6.07) is 0. The normalized spacial score (nSPS) is 13.7. The van der Waals surface area contributed by atoms with Crippen molar-refractivity contribution in [3.05, 3.63) is 0 Å². The van der Waals surface area contributed by atoms with Crippen LogP contribution in [0.25, 0.3) is 0 Å².